The summed E-state index contributed by atoms with van der Waals surface area (Å²) in [6.45, 7) is 2.04. The second-order valence-electron chi connectivity index (χ2n) is 8.96. The first-order valence-corrected chi connectivity index (χ1v) is 12.2. The molecule has 0 spiro atoms. The molecule has 1 aliphatic carbocycles. The van der Waals surface area contributed by atoms with Crippen LogP contribution in [-0.2, 0) is 6.42 Å². The molecule has 0 bridgehead atoms. The van der Waals surface area contributed by atoms with Gasteiger partial charge < -0.3 is 15.0 Å². The van der Waals surface area contributed by atoms with Gasteiger partial charge in [0.25, 0.3) is 5.91 Å². The van der Waals surface area contributed by atoms with Gasteiger partial charge in [0.05, 0.1) is 10.6 Å². The number of piperidine rings is 1. The Morgan fingerprint density at radius 1 is 1.09 bits per heavy atom. The van der Waals surface area contributed by atoms with Gasteiger partial charge in [0.1, 0.15) is 0 Å². The topological polar surface area (TPSA) is 69.0 Å². The summed E-state index contributed by atoms with van der Waals surface area (Å²) >= 11 is 1.56. The number of pyridine rings is 1. The van der Waals surface area contributed by atoms with Gasteiger partial charge in [-0.05, 0) is 86.8 Å². The number of likely N-dealkylation sites (tertiary alicyclic amines) is 1. The fourth-order valence-corrected chi connectivity index (χ4v) is 6.05. The Morgan fingerprint density at radius 3 is 2.58 bits per heavy atom. The summed E-state index contributed by atoms with van der Waals surface area (Å²) in [5.74, 6) is 0.0898. The van der Waals surface area contributed by atoms with Crippen molar-refractivity contribution in [1.82, 2.24) is 14.8 Å². The third kappa shape index (κ3) is 4.18. The maximum absolute atomic E-state index is 13.5. The first-order chi connectivity index (χ1) is 16.0. The number of carbonyl (C=O) groups excluding carboxylic acids is 1. The zero-order chi connectivity index (χ0) is 22.9. The van der Waals surface area contributed by atoms with Gasteiger partial charge in [0, 0.05) is 41.5 Å². The standard InChI is InChI=1S/C26H28N4O2S/c1-29-13-9-20(10-14-29)30(2)26(31)24-16-22(17-7-11-27-12-8-17)25(33-24)19-3-5-21-18(15-19)4-6-23(21)28-32/h3,5,7-8,11-12,15-16,20,32H,4,6,9-10,13-14H2,1-2H3. The molecule has 5 rings (SSSR count). The fraction of sp³-hybridized carbons (Fsp3) is 0.346. The molecule has 1 fully saturated rings. The van der Waals surface area contributed by atoms with Gasteiger partial charge in [-0.3, -0.25) is 9.78 Å². The van der Waals surface area contributed by atoms with Gasteiger partial charge in [0.15, 0.2) is 0 Å². The molecule has 3 aromatic rings. The van der Waals surface area contributed by atoms with Crippen LogP contribution in [0.1, 0.15) is 40.1 Å². The Bertz CT molecular complexity index is 1200. The summed E-state index contributed by atoms with van der Waals surface area (Å²) < 4.78 is 0. The monoisotopic (exact) mass is 460 g/mol. The second-order valence-corrected chi connectivity index (χ2v) is 10.0. The number of aryl methyl sites for hydroxylation is 1. The quantitative estimate of drug-likeness (QED) is 0.450. The van der Waals surface area contributed by atoms with Crippen LogP contribution in [0.25, 0.3) is 21.6 Å². The maximum Gasteiger partial charge on any atom is 0.263 e. The van der Waals surface area contributed by atoms with Crippen LogP contribution >= 0.6 is 11.3 Å². The zero-order valence-corrected chi connectivity index (χ0v) is 19.8. The highest BCUT2D eigenvalue weighted by Crippen LogP contribution is 2.41. The predicted molar refractivity (Wildman–Crippen MR) is 132 cm³/mol. The van der Waals surface area contributed by atoms with E-state index in [1.807, 2.05) is 36.2 Å². The molecular formula is C26H28N4O2S. The van der Waals surface area contributed by atoms with Crippen LogP contribution in [0.2, 0.25) is 0 Å². The molecule has 2 aromatic heterocycles. The number of thiophene rings is 1. The largest absolute Gasteiger partial charge is 0.411 e. The third-order valence-corrected chi connectivity index (χ3v) is 8.09. The van der Waals surface area contributed by atoms with E-state index in [1.54, 1.807) is 23.7 Å². The van der Waals surface area contributed by atoms with Gasteiger partial charge in [-0.1, -0.05) is 17.3 Å². The molecule has 1 N–H and O–H groups in total. The second kappa shape index (κ2) is 9.08. The highest BCUT2D eigenvalue weighted by atomic mass is 32.1. The number of fused-ring (bicyclic) bond motifs is 1. The number of nitrogens with zero attached hydrogens (tertiary/aromatic N) is 4. The molecule has 6 nitrogen and oxygen atoms in total. The Kier molecular flexibility index (Phi) is 6.00. The van der Waals surface area contributed by atoms with E-state index in [-0.39, 0.29) is 11.9 Å². The molecule has 1 amide bonds. The third-order valence-electron chi connectivity index (χ3n) is 6.92. The molecule has 2 aliphatic rings. The minimum absolute atomic E-state index is 0.0898. The Hall–Kier alpha value is -3.03. The van der Waals surface area contributed by atoms with Gasteiger partial charge in [-0.15, -0.1) is 11.3 Å². The lowest BCUT2D eigenvalue weighted by molar-refractivity contribution is 0.0664. The Labute approximate surface area is 198 Å². The Morgan fingerprint density at radius 2 is 1.85 bits per heavy atom. The molecule has 0 saturated carbocycles. The zero-order valence-electron chi connectivity index (χ0n) is 19.0. The molecule has 1 aliphatic heterocycles. The molecule has 0 radical (unpaired) electrons. The van der Waals surface area contributed by atoms with Gasteiger partial charge in [-0.25, -0.2) is 0 Å². The lowest BCUT2D eigenvalue weighted by Crippen LogP contribution is -2.44. The summed E-state index contributed by atoms with van der Waals surface area (Å²) in [6, 6.07) is 12.6. The lowest BCUT2D eigenvalue weighted by atomic mass is 10.00. The number of hydrogen-bond donors (Lipinski definition) is 1. The van der Waals surface area contributed by atoms with E-state index >= 15 is 0 Å². The van der Waals surface area contributed by atoms with Crippen LogP contribution in [-0.4, -0.2) is 64.8 Å². The number of hydrogen-bond acceptors (Lipinski definition) is 6. The smallest absolute Gasteiger partial charge is 0.263 e. The molecule has 7 heteroatoms. The van der Waals surface area contributed by atoms with Crippen LogP contribution in [0.4, 0.5) is 0 Å². The van der Waals surface area contributed by atoms with Crippen molar-refractivity contribution in [2.24, 2.45) is 5.16 Å². The molecular weight excluding hydrogens is 432 g/mol. The van der Waals surface area contributed by atoms with E-state index in [9.17, 15) is 10.0 Å². The molecule has 0 atom stereocenters. The fourth-order valence-electron chi connectivity index (χ4n) is 4.89. The van der Waals surface area contributed by atoms with Gasteiger partial charge >= 0.3 is 0 Å². The number of aromatic nitrogens is 1. The number of benzene rings is 1. The number of carbonyl (C=O) groups is 1. The average molecular weight is 461 g/mol. The van der Waals surface area contributed by atoms with E-state index in [0.717, 1.165) is 76.5 Å². The van der Waals surface area contributed by atoms with Crippen molar-refractivity contribution in [2.45, 2.75) is 31.7 Å². The summed E-state index contributed by atoms with van der Waals surface area (Å²) in [4.78, 5) is 23.8. The Balaban J connectivity index is 1.52. The summed E-state index contributed by atoms with van der Waals surface area (Å²) in [5.41, 5.74) is 6.14. The van der Waals surface area contributed by atoms with Crippen LogP contribution in [0.3, 0.4) is 0 Å². The van der Waals surface area contributed by atoms with Crippen LogP contribution < -0.4 is 0 Å². The minimum Gasteiger partial charge on any atom is -0.411 e. The molecule has 0 unspecified atom stereocenters. The molecule has 1 aromatic carbocycles. The lowest BCUT2D eigenvalue weighted by Gasteiger charge is -2.34. The van der Waals surface area contributed by atoms with E-state index in [1.165, 1.54) is 5.56 Å². The van der Waals surface area contributed by atoms with Gasteiger partial charge in [-0.2, -0.15) is 0 Å². The van der Waals surface area contributed by atoms with E-state index < -0.39 is 0 Å². The first kappa shape index (κ1) is 21.8. The van der Waals surface area contributed by atoms with Crippen molar-refractivity contribution in [3.63, 3.8) is 0 Å². The van der Waals surface area contributed by atoms with Gasteiger partial charge in [0.2, 0.25) is 0 Å². The molecule has 170 valence electrons. The van der Waals surface area contributed by atoms with Crippen LogP contribution in [0.15, 0.2) is 53.9 Å². The number of amides is 1. The first-order valence-electron chi connectivity index (χ1n) is 11.4. The van der Waals surface area contributed by atoms with Crippen molar-refractivity contribution in [1.29, 1.82) is 0 Å². The summed E-state index contributed by atoms with van der Waals surface area (Å²) in [7, 11) is 4.07. The predicted octanol–water partition coefficient (Wildman–Crippen LogP) is 4.77. The summed E-state index contributed by atoms with van der Waals surface area (Å²) in [5, 5.41) is 12.7. The maximum atomic E-state index is 13.5. The van der Waals surface area contributed by atoms with Crippen LogP contribution in [0.5, 0.6) is 0 Å². The van der Waals surface area contributed by atoms with Crippen molar-refractivity contribution < 1.29 is 10.0 Å². The normalized spacial score (nSPS) is 17.9. The summed E-state index contributed by atoms with van der Waals surface area (Å²) in [6.07, 6.45) is 7.21. The average Bonchev–Trinajstić information content (AvgIpc) is 3.48. The highest BCUT2D eigenvalue weighted by Gasteiger charge is 2.27. The van der Waals surface area contributed by atoms with E-state index in [4.69, 9.17) is 0 Å². The molecule has 3 heterocycles. The molecule has 33 heavy (non-hydrogen) atoms. The highest BCUT2D eigenvalue weighted by molar-refractivity contribution is 7.18. The van der Waals surface area contributed by atoms with E-state index in [2.05, 4.69) is 34.2 Å². The van der Waals surface area contributed by atoms with E-state index in [0.29, 0.717) is 0 Å². The SMILES string of the molecule is CN1CCC(N(C)C(=O)c2cc(-c3ccncc3)c(-c3ccc4c(c3)CCC4=NO)s2)CC1. The number of oxime groups is 1. The van der Waals surface area contributed by atoms with Crippen LogP contribution in [0, 0.1) is 0 Å². The van der Waals surface area contributed by atoms with Crippen molar-refractivity contribution in [3.05, 3.63) is 64.8 Å². The van der Waals surface area contributed by atoms with Crippen molar-refractivity contribution in [3.8, 4) is 21.6 Å². The van der Waals surface area contributed by atoms with Crippen molar-refractivity contribution in [2.75, 3.05) is 27.2 Å². The minimum atomic E-state index is 0.0898. The van der Waals surface area contributed by atoms with Crippen molar-refractivity contribution >= 4 is 23.0 Å². The molecule has 1 saturated heterocycles. The number of rotatable bonds is 4.